The minimum atomic E-state index is -3.68. The van der Waals surface area contributed by atoms with Crippen LogP contribution in [0.2, 0.25) is 10.0 Å². The fourth-order valence-corrected chi connectivity index (χ4v) is 6.75. The Morgan fingerprint density at radius 3 is 2.48 bits per heavy atom. The van der Waals surface area contributed by atoms with Gasteiger partial charge in [0.25, 0.3) is 0 Å². The Hall–Kier alpha value is -1.64. The van der Waals surface area contributed by atoms with Crippen LogP contribution < -0.4 is 4.90 Å². The van der Waals surface area contributed by atoms with Gasteiger partial charge < -0.3 is 4.90 Å². The van der Waals surface area contributed by atoms with Crippen molar-refractivity contribution in [3.8, 4) is 0 Å². The molecule has 1 aliphatic heterocycles. The van der Waals surface area contributed by atoms with E-state index in [1.165, 1.54) is 21.5 Å². The SMILES string of the molecule is Cc1cccc(Cc2csc(N3CCN(S(=O)(=O)c4cc(C)c(Cl)cc4Cl)CC3)n2)c1. The number of rotatable bonds is 5. The summed E-state index contributed by atoms with van der Waals surface area (Å²) in [5.41, 5.74) is 4.19. The molecule has 5 nitrogen and oxygen atoms in total. The summed E-state index contributed by atoms with van der Waals surface area (Å²) in [6.07, 6.45) is 0.793. The maximum atomic E-state index is 13.1. The first-order valence-corrected chi connectivity index (χ1v) is 13.0. The van der Waals surface area contributed by atoms with E-state index >= 15 is 0 Å². The summed E-state index contributed by atoms with van der Waals surface area (Å²) in [6.45, 7) is 5.79. The highest BCUT2D eigenvalue weighted by molar-refractivity contribution is 7.89. The van der Waals surface area contributed by atoms with Crippen molar-refractivity contribution in [2.24, 2.45) is 0 Å². The van der Waals surface area contributed by atoms with Crippen LogP contribution in [0.4, 0.5) is 5.13 Å². The summed E-state index contributed by atoms with van der Waals surface area (Å²) in [7, 11) is -3.68. The van der Waals surface area contributed by atoms with E-state index in [2.05, 4.69) is 41.5 Å². The number of hydrogen-bond donors (Lipinski definition) is 0. The molecular formula is C22H23Cl2N3O2S2. The molecule has 2 aromatic carbocycles. The number of benzene rings is 2. The van der Waals surface area contributed by atoms with Gasteiger partial charge in [-0.25, -0.2) is 13.4 Å². The molecule has 1 fully saturated rings. The highest BCUT2D eigenvalue weighted by Gasteiger charge is 2.31. The summed E-state index contributed by atoms with van der Waals surface area (Å²) in [5, 5.41) is 3.62. The number of piperazine rings is 1. The number of thiazole rings is 1. The van der Waals surface area contributed by atoms with Crippen molar-refractivity contribution in [3.63, 3.8) is 0 Å². The van der Waals surface area contributed by atoms with Gasteiger partial charge in [0, 0.05) is 43.0 Å². The zero-order chi connectivity index (χ0) is 22.2. The minimum Gasteiger partial charge on any atom is -0.345 e. The van der Waals surface area contributed by atoms with Crippen LogP contribution in [0.3, 0.4) is 0 Å². The van der Waals surface area contributed by atoms with Crippen molar-refractivity contribution in [1.29, 1.82) is 0 Å². The topological polar surface area (TPSA) is 53.5 Å². The molecule has 0 spiro atoms. The highest BCUT2D eigenvalue weighted by atomic mass is 35.5. The number of nitrogens with zero attached hydrogens (tertiary/aromatic N) is 3. The zero-order valence-electron chi connectivity index (χ0n) is 17.3. The van der Waals surface area contributed by atoms with Gasteiger partial charge in [-0.15, -0.1) is 11.3 Å². The molecule has 0 saturated carbocycles. The Kier molecular flexibility index (Phi) is 6.60. The number of hydrogen-bond acceptors (Lipinski definition) is 5. The molecule has 31 heavy (non-hydrogen) atoms. The number of anilines is 1. The minimum absolute atomic E-state index is 0.110. The van der Waals surface area contributed by atoms with E-state index in [1.54, 1.807) is 24.3 Å². The third-order valence-corrected chi connectivity index (χ3v) is 9.07. The van der Waals surface area contributed by atoms with Crippen LogP contribution in [0.5, 0.6) is 0 Å². The molecule has 0 amide bonds. The lowest BCUT2D eigenvalue weighted by molar-refractivity contribution is 0.384. The fourth-order valence-electron chi connectivity index (χ4n) is 3.64. The van der Waals surface area contributed by atoms with Crippen molar-refractivity contribution in [2.75, 3.05) is 31.1 Å². The van der Waals surface area contributed by atoms with Gasteiger partial charge in [-0.3, -0.25) is 0 Å². The largest absolute Gasteiger partial charge is 0.345 e. The van der Waals surface area contributed by atoms with Gasteiger partial charge in [0.2, 0.25) is 10.0 Å². The molecule has 3 aromatic rings. The maximum absolute atomic E-state index is 13.1. The second kappa shape index (κ2) is 9.08. The van der Waals surface area contributed by atoms with Crippen LogP contribution in [0.15, 0.2) is 46.7 Å². The van der Waals surface area contributed by atoms with Crippen LogP contribution in [0, 0.1) is 13.8 Å². The molecule has 0 bridgehead atoms. The van der Waals surface area contributed by atoms with Gasteiger partial charge in [-0.05, 0) is 37.1 Å². The molecular weight excluding hydrogens is 473 g/mol. The molecule has 4 rings (SSSR count). The van der Waals surface area contributed by atoms with Crippen molar-refractivity contribution >= 4 is 49.7 Å². The molecule has 0 N–H and O–H groups in total. The first-order chi connectivity index (χ1) is 14.7. The van der Waals surface area contributed by atoms with E-state index in [0.29, 0.717) is 36.8 Å². The van der Waals surface area contributed by atoms with E-state index in [0.717, 1.165) is 17.2 Å². The second-order valence-electron chi connectivity index (χ2n) is 7.71. The number of aromatic nitrogens is 1. The first-order valence-electron chi connectivity index (χ1n) is 9.95. The zero-order valence-corrected chi connectivity index (χ0v) is 20.5. The van der Waals surface area contributed by atoms with Crippen molar-refractivity contribution in [2.45, 2.75) is 25.2 Å². The van der Waals surface area contributed by atoms with Gasteiger partial charge in [0.1, 0.15) is 4.90 Å². The van der Waals surface area contributed by atoms with Gasteiger partial charge >= 0.3 is 0 Å². The molecule has 1 saturated heterocycles. The predicted octanol–water partition coefficient (Wildman–Crippen LogP) is 5.17. The average molecular weight is 496 g/mol. The number of sulfonamides is 1. The van der Waals surface area contributed by atoms with E-state index in [4.69, 9.17) is 28.2 Å². The molecule has 1 aromatic heterocycles. The average Bonchev–Trinajstić information content (AvgIpc) is 3.19. The summed E-state index contributed by atoms with van der Waals surface area (Å²) >= 11 is 13.9. The second-order valence-corrected chi connectivity index (χ2v) is 11.3. The molecule has 2 heterocycles. The van der Waals surface area contributed by atoms with Crippen molar-refractivity contribution in [1.82, 2.24) is 9.29 Å². The Morgan fingerprint density at radius 2 is 1.77 bits per heavy atom. The summed E-state index contributed by atoms with van der Waals surface area (Å²) in [5.74, 6) is 0. The van der Waals surface area contributed by atoms with Crippen LogP contribution in [-0.4, -0.2) is 43.9 Å². The van der Waals surface area contributed by atoms with Crippen LogP contribution >= 0.6 is 34.5 Å². The van der Waals surface area contributed by atoms with Gasteiger partial charge in [-0.2, -0.15) is 4.31 Å². The summed E-state index contributed by atoms with van der Waals surface area (Å²) < 4.78 is 27.7. The van der Waals surface area contributed by atoms with E-state index in [9.17, 15) is 8.42 Å². The van der Waals surface area contributed by atoms with Crippen LogP contribution in [0.25, 0.3) is 0 Å². The lowest BCUT2D eigenvalue weighted by Gasteiger charge is -2.34. The van der Waals surface area contributed by atoms with Crippen LogP contribution in [-0.2, 0) is 16.4 Å². The molecule has 0 radical (unpaired) electrons. The fraction of sp³-hybridized carbons (Fsp3) is 0.318. The molecule has 9 heteroatoms. The summed E-state index contributed by atoms with van der Waals surface area (Å²) in [4.78, 5) is 7.03. The normalized spacial score (nSPS) is 15.4. The van der Waals surface area contributed by atoms with Crippen molar-refractivity contribution in [3.05, 3.63) is 74.2 Å². The molecule has 164 valence electrons. The molecule has 1 aliphatic rings. The molecule has 0 atom stereocenters. The molecule has 0 unspecified atom stereocenters. The van der Waals surface area contributed by atoms with Gasteiger partial charge in [0.15, 0.2) is 5.13 Å². The monoisotopic (exact) mass is 495 g/mol. The highest BCUT2D eigenvalue weighted by Crippen LogP contribution is 2.31. The number of halogens is 2. The lowest BCUT2D eigenvalue weighted by atomic mass is 10.1. The predicted molar refractivity (Wildman–Crippen MR) is 128 cm³/mol. The third kappa shape index (κ3) is 4.91. The van der Waals surface area contributed by atoms with E-state index < -0.39 is 10.0 Å². The Morgan fingerprint density at radius 1 is 1.03 bits per heavy atom. The van der Waals surface area contributed by atoms with Gasteiger partial charge in [-0.1, -0.05) is 53.0 Å². The van der Waals surface area contributed by atoms with Gasteiger partial charge in [0.05, 0.1) is 10.7 Å². The Bertz CT molecular complexity index is 1200. The van der Waals surface area contributed by atoms with E-state index in [1.807, 2.05) is 0 Å². The van der Waals surface area contributed by atoms with Crippen molar-refractivity contribution < 1.29 is 8.42 Å². The Labute approximate surface area is 197 Å². The Balaban J connectivity index is 1.43. The number of aryl methyl sites for hydroxylation is 2. The molecule has 0 aliphatic carbocycles. The maximum Gasteiger partial charge on any atom is 0.244 e. The quantitative estimate of drug-likeness (QED) is 0.489. The summed E-state index contributed by atoms with van der Waals surface area (Å²) in [6, 6.07) is 11.5. The first kappa shape index (κ1) is 22.6. The van der Waals surface area contributed by atoms with E-state index in [-0.39, 0.29) is 9.92 Å². The standard InChI is InChI=1S/C22H23Cl2N3O2S2/c1-15-4-3-5-17(10-15)12-18-14-30-22(25-18)26-6-8-27(9-7-26)31(28,29)21-11-16(2)19(23)13-20(21)24/h3-5,10-11,13-14H,6-9,12H2,1-2H3. The van der Waals surface area contributed by atoms with Crippen LogP contribution in [0.1, 0.15) is 22.4 Å². The smallest absolute Gasteiger partial charge is 0.244 e. The lowest BCUT2D eigenvalue weighted by Crippen LogP contribution is -2.48. The third-order valence-electron chi connectivity index (χ3n) is 5.35.